The van der Waals surface area contributed by atoms with Crippen LogP contribution in [0.3, 0.4) is 0 Å². The van der Waals surface area contributed by atoms with Crippen molar-refractivity contribution in [3.63, 3.8) is 0 Å². The number of carboxylic acids is 1. The molecule has 0 amide bonds. The van der Waals surface area contributed by atoms with Gasteiger partial charge in [0.15, 0.2) is 5.65 Å². The van der Waals surface area contributed by atoms with Crippen LogP contribution in [0.1, 0.15) is 29.4 Å². The maximum Gasteiger partial charge on any atom is 0.341 e. The molecule has 0 aliphatic rings. The van der Waals surface area contributed by atoms with Crippen LogP contribution < -0.4 is 0 Å². The third-order valence-corrected chi connectivity index (χ3v) is 3.21. The molecule has 114 valence electrons. The van der Waals surface area contributed by atoms with E-state index in [0.29, 0.717) is 12.1 Å². The fraction of sp³-hybridized carbons (Fsp3) is 0.231. The van der Waals surface area contributed by atoms with E-state index in [1.165, 1.54) is 12.3 Å². The predicted octanol–water partition coefficient (Wildman–Crippen LogP) is 2.25. The van der Waals surface area contributed by atoms with Gasteiger partial charge in [0.2, 0.25) is 0 Å². The van der Waals surface area contributed by atoms with Gasteiger partial charge in [-0.2, -0.15) is 10.2 Å². The molecule has 0 aromatic carbocycles. The number of fused-ring (bicyclic) bond motifs is 1. The van der Waals surface area contributed by atoms with Crippen LogP contribution in [0.25, 0.3) is 16.9 Å². The molecule has 0 spiro atoms. The molecule has 1 N–H and O–H groups in total. The minimum Gasteiger partial charge on any atom is -0.477 e. The molecule has 0 fully saturated rings. The quantitative estimate of drug-likeness (QED) is 0.799. The lowest BCUT2D eigenvalue weighted by atomic mass is 10.2. The maximum atomic E-state index is 13.2. The smallest absolute Gasteiger partial charge is 0.341 e. The first-order valence-electron chi connectivity index (χ1n) is 6.44. The number of nitrogens with zero attached hydrogens (tertiary/aromatic N) is 5. The predicted molar refractivity (Wildman–Crippen MR) is 71.8 cm³/mol. The van der Waals surface area contributed by atoms with E-state index in [4.69, 9.17) is 5.11 Å². The van der Waals surface area contributed by atoms with Crippen molar-refractivity contribution in [2.45, 2.75) is 19.9 Å². The lowest BCUT2D eigenvalue weighted by Gasteiger charge is -2.06. The molecule has 0 radical (unpaired) electrons. The van der Waals surface area contributed by atoms with E-state index in [1.807, 2.05) is 6.92 Å². The molecular formula is C13H11F2N5O2. The summed E-state index contributed by atoms with van der Waals surface area (Å²) in [5, 5.41) is 16.9. The van der Waals surface area contributed by atoms with Crippen molar-refractivity contribution in [3.05, 3.63) is 35.9 Å². The van der Waals surface area contributed by atoms with Crippen molar-refractivity contribution in [3.8, 4) is 11.3 Å². The topological polar surface area (TPSA) is 85.3 Å². The van der Waals surface area contributed by atoms with Gasteiger partial charge in [0.05, 0.1) is 18.1 Å². The second-order valence-corrected chi connectivity index (χ2v) is 4.55. The maximum absolute atomic E-state index is 13.2. The zero-order valence-corrected chi connectivity index (χ0v) is 11.4. The van der Waals surface area contributed by atoms with Crippen molar-refractivity contribution < 1.29 is 18.7 Å². The van der Waals surface area contributed by atoms with Crippen LogP contribution in [0.5, 0.6) is 0 Å². The number of alkyl halides is 2. The molecule has 22 heavy (non-hydrogen) atoms. The van der Waals surface area contributed by atoms with Crippen LogP contribution in [-0.2, 0) is 6.54 Å². The van der Waals surface area contributed by atoms with Crippen molar-refractivity contribution >= 4 is 11.6 Å². The van der Waals surface area contributed by atoms with Gasteiger partial charge in [0.25, 0.3) is 6.43 Å². The van der Waals surface area contributed by atoms with E-state index in [-0.39, 0.29) is 16.9 Å². The minimum atomic E-state index is -2.81. The fourth-order valence-corrected chi connectivity index (χ4v) is 2.11. The molecule has 3 aromatic rings. The summed E-state index contributed by atoms with van der Waals surface area (Å²) < 4.78 is 28.9. The summed E-state index contributed by atoms with van der Waals surface area (Å²) in [6.45, 7) is 2.51. The van der Waals surface area contributed by atoms with Gasteiger partial charge in [-0.1, -0.05) is 0 Å². The van der Waals surface area contributed by atoms with Crippen molar-refractivity contribution in [1.82, 2.24) is 24.4 Å². The highest BCUT2D eigenvalue weighted by Crippen LogP contribution is 2.26. The van der Waals surface area contributed by atoms with Gasteiger partial charge >= 0.3 is 5.97 Å². The van der Waals surface area contributed by atoms with Gasteiger partial charge in [-0.05, 0) is 13.0 Å². The lowest BCUT2D eigenvalue weighted by Crippen LogP contribution is -2.04. The molecule has 0 saturated carbocycles. The summed E-state index contributed by atoms with van der Waals surface area (Å²) in [4.78, 5) is 15.3. The Kier molecular flexibility index (Phi) is 3.32. The van der Waals surface area contributed by atoms with Crippen LogP contribution in [0.15, 0.2) is 24.7 Å². The van der Waals surface area contributed by atoms with Crippen LogP contribution in [0.2, 0.25) is 0 Å². The monoisotopic (exact) mass is 307 g/mol. The van der Waals surface area contributed by atoms with Gasteiger partial charge in [-0.25, -0.2) is 23.1 Å². The second kappa shape index (κ2) is 5.17. The highest BCUT2D eigenvalue weighted by Gasteiger charge is 2.21. The van der Waals surface area contributed by atoms with E-state index in [0.717, 1.165) is 10.7 Å². The SMILES string of the molecule is CCn1cc(-c2cc(C(F)F)n3ncc(C(=O)O)c3n2)cn1. The third-order valence-electron chi connectivity index (χ3n) is 3.21. The van der Waals surface area contributed by atoms with E-state index in [1.54, 1.807) is 10.9 Å². The molecule has 0 aliphatic heterocycles. The number of hydrogen-bond donors (Lipinski definition) is 1. The zero-order valence-electron chi connectivity index (χ0n) is 11.4. The summed E-state index contributed by atoms with van der Waals surface area (Å²) >= 11 is 0. The van der Waals surface area contributed by atoms with Crippen LogP contribution in [0.4, 0.5) is 8.78 Å². The summed E-state index contributed by atoms with van der Waals surface area (Å²) in [6, 6.07) is 1.19. The number of aromatic carboxylic acids is 1. The van der Waals surface area contributed by atoms with Gasteiger partial charge in [-0.3, -0.25) is 4.68 Å². The number of hydrogen-bond acceptors (Lipinski definition) is 4. The highest BCUT2D eigenvalue weighted by atomic mass is 19.3. The molecule has 0 saturated heterocycles. The number of aryl methyl sites for hydroxylation is 1. The Hall–Kier alpha value is -2.84. The normalized spacial score (nSPS) is 11.5. The number of rotatable bonds is 4. The first kappa shape index (κ1) is 14.1. The van der Waals surface area contributed by atoms with E-state index >= 15 is 0 Å². The van der Waals surface area contributed by atoms with Crippen molar-refractivity contribution in [2.24, 2.45) is 0 Å². The number of aromatic nitrogens is 5. The average Bonchev–Trinajstić information content (AvgIpc) is 3.12. The lowest BCUT2D eigenvalue weighted by molar-refractivity contribution is 0.0698. The Morgan fingerprint density at radius 1 is 1.36 bits per heavy atom. The largest absolute Gasteiger partial charge is 0.477 e. The molecule has 7 nitrogen and oxygen atoms in total. The number of carbonyl (C=O) groups is 1. The molecule has 3 rings (SSSR count). The molecule has 3 heterocycles. The third kappa shape index (κ3) is 2.20. The molecule has 0 bridgehead atoms. The standard InChI is InChI=1S/C13H11F2N5O2/c1-2-19-6-7(4-16-19)9-3-10(11(14)15)20-12(18-9)8(5-17-20)13(21)22/h3-6,11H,2H2,1H3,(H,21,22). The highest BCUT2D eigenvalue weighted by molar-refractivity contribution is 5.94. The van der Waals surface area contributed by atoms with Crippen LogP contribution in [0, 0.1) is 0 Å². The molecule has 0 atom stereocenters. The zero-order chi connectivity index (χ0) is 15.9. The summed E-state index contributed by atoms with van der Waals surface area (Å²) in [6.07, 6.45) is 1.35. The Morgan fingerprint density at radius 2 is 2.14 bits per heavy atom. The molecule has 3 aromatic heterocycles. The summed E-state index contributed by atoms with van der Waals surface area (Å²) in [5.74, 6) is -1.27. The van der Waals surface area contributed by atoms with Crippen LogP contribution >= 0.6 is 0 Å². The van der Waals surface area contributed by atoms with E-state index < -0.39 is 18.1 Å². The molecule has 0 unspecified atom stereocenters. The molecular weight excluding hydrogens is 296 g/mol. The van der Waals surface area contributed by atoms with E-state index in [9.17, 15) is 13.6 Å². The summed E-state index contributed by atoms with van der Waals surface area (Å²) in [5.41, 5.74) is -0.0118. The fourth-order valence-electron chi connectivity index (χ4n) is 2.11. The Bertz CT molecular complexity index is 855. The van der Waals surface area contributed by atoms with Crippen LogP contribution in [-0.4, -0.2) is 35.5 Å². The van der Waals surface area contributed by atoms with Gasteiger partial charge < -0.3 is 5.11 Å². The second-order valence-electron chi connectivity index (χ2n) is 4.55. The average molecular weight is 307 g/mol. The first-order valence-corrected chi connectivity index (χ1v) is 6.44. The first-order chi connectivity index (χ1) is 10.5. The summed E-state index contributed by atoms with van der Waals surface area (Å²) in [7, 11) is 0. The van der Waals surface area contributed by atoms with Gasteiger partial charge in [-0.15, -0.1) is 0 Å². The van der Waals surface area contributed by atoms with E-state index in [2.05, 4.69) is 15.2 Å². The number of carboxylic acid groups (broad SMARTS) is 1. The van der Waals surface area contributed by atoms with Crippen molar-refractivity contribution in [2.75, 3.05) is 0 Å². The van der Waals surface area contributed by atoms with Gasteiger partial charge in [0.1, 0.15) is 11.3 Å². The Labute approximate surface area is 122 Å². The minimum absolute atomic E-state index is 0.121. The Balaban J connectivity index is 2.26. The van der Waals surface area contributed by atoms with Crippen molar-refractivity contribution in [1.29, 1.82) is 0 Å². The molecule has 9 heteroatoms. The number of halogens is 2. The Morgan fingerprint density at radius 3 is 2.73 bits per heavy atom. The molecule has 0 aliphatic carbocycles. The van der Waals surface area contributed by atoms with Gasteiger partial charge in [0, 0.05) is 18.3 Å².